The first-order valence-corrected chi connectivity index (χ1v) is 7.39. The van der Waals surface area contributed by atoms with E-state index >= 15 is 0 Å². The van der Waals surface area contributed by atoms with Crippen molar-refractivity contribution in [1.82, 2.24) is 0 Å². The highest BCUT2D eigenvalue weighted by molar-refractivity contribution is 6.43. The maximum absolute atomic E-state index is 12.1. The zero-order valence-corrected chi connectivity index (χ0v) is 13.8. The summed E-state index contributed by atoms with van der Waals surface area (Å²) >= 11 is 11.8. The highest BCUT2D eigenvalue weighted by Gasteiger charge is 2.40. The Labute approximate surface area is 134 Å². The van der Waals surface area contributed by atoms with Crippen molar-refractivity contribution in [3.05, 3.63) is 28.2 Å². The van der Waals surface area contributed by atoms with Crippen LogP contribution < -0.4 is 4.74 Å². The third-order valence-electron chi connectivity index (χ3n) is 2.87. The molecule has 0 spiro atoms. The van der Waals surface area contributed by atoms with Crippen molar-refractivity contribution in [1.29, 1.82) is 0 Å². The zero-order valence-electron chi connectivity index (χ0n) is 12.2. The molecular formula is C15H18Cl2O4. The van der Waals surface area contributed by atoms with Gasteiger partial charge in [-0.25, -0.2) is 0 Å². The normalized spacial score (nSPS) is 11.1. The van der Waals surface area contributed by atoms with Gasteiger partial charge in [0.15, 0.2) is 11.2 Å². The van der Waals surface area contributed by atoms with Gasteiger partial charge in [0.2, 0.25) is 0 Å². The summed E-state index contributed by atoms with van der Waals surface area (Å²) in [6, 6.07) is 4.68. The van der Waals surface area contributed by atoms with Gasteiger partial charge >= 0.3 is 11.9 Å². The molecule has 21 heavy (non-hydrogen) atoms. The molecule has 0 atom stereocenters. The van der Waals surface area contributed by atoms with Crippen LogP contribution in [0, 0.1) is 5.41 Å². The van der Waals surface area contributed by atoms with E-state index in [4.69, 9.17) is 32.7 Å². The van der Waals surface area contributed by atoms with Crippen molar-refractivity contribution in [2.75, 3.05) is 6.61 Å². The van der Waals surface area contributed by atoms with E-state index in [0.29, 0.717) is 0 Å². The number of esters is 2. The lowest BCUT2D eigenvalue weighted by atomic mass is 9.94. The minimum atomic E-state index is -1.42. The Morgan fingerprint density at radius 3 is 2.48 bits per heavy atom. The van der Waals surface area contributed by atoms with Crippen molar-refractivity contribution in [2.45, 2.75) is 33.6 Å². The van der Waals surface area contributed by atoms with Crippen LogP contribution in [0.25, 0.3) is 0 Å². The quantitative estimate of drug-likeness (QED) is 0.338. The predicted octanol–water partition coefficient (Wildman–Crippen LogP) is 4.27. The van der Waals surface area contributed by atoms with Gasteiger partial charge in [-0.3, -0.25) is 9.59 Å². The summed E-state index contributed by atoms with van der Waals surface area (Å²) in [6.07, 6.45) is 1.65. The number of ether oxygens (including phenoxy) is 2. The molecule has 0 fully saturated rings. The fourth-order valence-corrected chi connectivity index (χ4v) is 1.69. The zero-order chi connectivity index (χ0) is 16.0. The fourth-order valence-electron chi connectivity index (χ4n) is 1.36. The van der Waals surface area contributed by atoms with Crippen molar-refractivity contribution >= 4 is 35.1 Å². The number of carbonyl (C=O) groups is 2. The third kappa shape index (κ3) is 4.61. The molecule has 0 aliphatic rings. The van der Waals surface area contributed by atoms with Gasteiger partial charge in [0.05, 0.1) is 11.6 Å². The molecule has 0 aromatic heterocycles. The SMILES string of the molecule is CCCCOC(=O)C(C)(C)C(=O)Oc1cccc(Cl)c1Cl. The molecular weight excluding hydrogens is 315 g/mol. The minimum absolute atomic E-state index is 0.114. The second-order valence-corrected chi connectivity index (χ2v) is 5.84. The number of benzene rings is 1. The first-order valence-electron chi connectivity index (χ1n) is 6.64. The van der Waals surface area contributed by atoms with Crippen LogP contribution in [0.3, 0.4) is 0 Å². The summed E-state index contributed by atoms with van der Waals surface area (Å²) < 4.78 is 10.2. The maximum atomic E-state index is 12.1. The van der Waals surface area contributed by atoms with Gasteiger partial charge in [-0.1, -0.05) is 42.6 Å². The molecule has 0 saturated carbocycles. The van der Waals surface area contributed by atoms with E-state index in [-0.39, 0.29) is 22.4 Å². The summed E-state index contributed by atoms with van der Waals surface area (Å²) in [5.74, 6) is -1.25. The summed E-state index contributed by atoms with van der Waals surface area (Å²) in [7, 11) is 0. The van der Waals surface area contributed by atoms with Crippen LogP contribution in [-0.2, 0) is 14.3 Å². The number of halogens is 2. The van der Waals surface area contributed by atoms with E-state index in [2.05, 4.69) is 0 Å². The predicted molar refractivity (Wildman–Crippen MR) is 81.7 cm³/mol. The number of hydrogen-bond acceptors (Lipinski definition) is 4. The van der Waals surface area contributed by atoms with Gasteiger partial charge in [0.25, 0.3) is 0 Å². The van der Waals surface area contributed by atoms with Crippen molar-refractivity contribution in [2.24, 2.45) is 5.41 Å². The van der Waals surface area contributed by atoms with Gasteiger partial charge in [-0.05, 0) is 32.4 Å². The van der Waals surface area contributed by atoms with Crippen LogP contribution in [0.2, 0.25) is 10.0 Å². The van der Waals surface area contributed by atoms with E-state index in [9.17, 15) is 9.59 Å². The molecule has 1 aromatic carbocycles. The van der Waals surface area contributed by atoms with Gasteiger partial charge < -0.3 is 9.47 Å². The molecule has 116 valence electrons. The molecule has 0 aliphatic carbocycles. The van der Waals surface area contributed by atoms with Crippen molar-refractivity contribution < 1.29 is 19.1 Å². The average molecular weight is 333 g/mol. The highest BCUT2D eigenvalue weighted by Crippen LogP contribution is 2.33. The maximum Gasteiger partial charge on any atom is 0.328 e. The van der Waals surface area contributed by atoms with E-state index in [1.54, 1.807) is 12.1 Å². The molecule has 1 rings (SSSR count). The van der Waals surface area contributed by atoms with Crippen LogP contribution in [0.5, 0.6) is 5.75 Å². The number of hydrogen-bond donors (Lipinski definition) is 0. The molecule has 0 unspecified atom stereocenters. The topological polar surface area (TPSA) is 52.6 Å². The summed E-state index contributed by atoms with van der Waals surface area (Å²) in [6.45, 7) is 5.16. The van der Waals surface area contributed by atoms with Crippen LogP contribution in [0.1, 0.15) is 33.6 Å². The Kier molecular flexibility index (Phi) is 6.49. The molecule has 0 bridgehead atoms. The van der Waals surface area contributed by atoms with Crippen molar-refractivity contribution in [3.8, 4) is 5.75 Å². The van der Waals surface area contributed by atoms with Crippen molar-refractivity contribution in [3.63, 3.8) is 0 Å². The Balaban J connectivity index is 2.77. The molecule has 0 aliphatic heterocycles. The Morgan fingerprint density at radius 2 is 1.86 bits per heavy atom. The first-order chi connectivity index (χ1) is 9.80. The molecule has 0 N–H and O–H groups in total. The smallest absolute Gasteiger partial charge is 0.328 e. The van der Waals surface area contributed by atoms with E-state index in [1.807, 2.05) is 6.92 Å². The standard InChI is InChI=1S/C15H18Cl2O4/c1-4-5-9-20-13(18)15(2,3)14(19)21-11-8-6-7-10(16)12(11)17/h6-8H,4-5,9H2,1-3H3. The Morgan fingerprint density at radius 1 is 1.19 bits per heavy atom. The lowest BCUT2D eigenvalue weighted by Crippen LogP contribution is -2.38. The van der Waals surface area contributed by atoms with Crippen LogP contribution in [0.4, 0.5) is 0 Å². The van der Waals surface area contributed by atoms with Crippen LogP contribution >= 0.6 is 23.2 Å². The second kappa shape index (κ2) is 7.66. The van der Waals surface area contributed by atoms with E-state index < -0.39 is 17.4 Å². The van der Waals surface area contributed by atoms with Gasteiger partial charge in [-0.2, -0.15) is 0 Å². The van der Waals surface area contributed by atoms with E-state index in [0.717, 1.165) is 12.8 Å². The average Bonchev–Trinajstić information content (AvgIpc) is 2.43. The lowest BCUT2D eigenvalue weighted by molar-refractivity contribution is -0.164. The lowest BCUT2D eigenvalue weighted by Gasteiger charge is -2.21. The summed E-state index contributed by atoms with van der Waals surface area (Å²) in [5.41, 5.74) is -1.42. The number of rotatable bonds is 6. The van der Waals surface area contributed by atoms with Gasteiger partial charge in [0, 0.05) is 0 Å². The molecule has 1 aromatic rings. The Hall–Kier alpha value is -1.26. The fraction of sp³-hybridized carbons (Fsp3) is 0.467. The monoisotopic (exact) mass is 332 g/mol. The van der Waals surface area contributed by atoms with Crippen LogP contribution in [-0.4, -0.2) is 18.5 Å². The first kappa shape index (κ1) is 17.8. The molecule has 0 saturated heterocycles. The largest absolute Gasteiger partial charge is 0.465 e. The molecule has 4 nitrogen and oxygen atoms in total. The summed E-state index contributed by atoms with van der Waals surface area (Å²) in [5, 5.41) is 0.396. The molecule has 0 heterocycles. The van der Waals surface area contributed by atoms with Gasteiger partial charge in [0.1, 0.15) is 5.02 Å². The number of carbonyl (C=O) groups excluding carboxylic acids is 2. The van der Waals surface area contributed by atoms with E-state index in [1.165, 1.54) is 19.9 Å². The summed E-state index contributed by atoms with van der Waals surface area (Å²) in [4.78, 5) is 24.1. The second-order valence-electron chi connectivity index (χ2n) is 5.06. The molecule has 0 radical (unpaired) electrons. The molecule has 0 amide bonds. The minimum Gasteiger partial charge on any atom is -0.465 e. The highest BCUT2D eigenvalue weighted by atomic mass is 35.5. The number of unbranched alkanes of at least 4 members (excludes halogenated alkanes) is 1. The third-order valence-corrected chi connectivity index (χ3v) is 3.67. The van der Waals surface area contributed by atoms with Crippen LogP contribution in [0.15, 0.2) is 18.2 Å². The van der Waals surface area contributed by atoms with Gasteiger partial charge in [-0.15, -0.1) is 0 Å². The molecule has 6 heteroatoms. The Bertz CT molecular complexity index is 526.